The molecule has 0 nitrogen and oxygen atoms in total. The van der Waals surface area contributed by atoms with Crippen LogP contribution in [0, 0.1) is 60.7 Å². The molecule has 0 saturated heterocycles. The van der Waals surface area contributed by atoms with Crippen molar-refractivity contribution < 1.29 is 0 Å². The summed E-state index contributed by atoms with van der Waals surface area (Å²) in [6.07, 6.45) is 14.2. The summed E-state index contributed by atoms with van der Waals surface area (Å²) in [5.41, 5.74) is 6.74. The molecule has 3 heteroatoms. The van der Waals surface area contributed by atoms with Gasteiger partial charge in [0.15, 0.2) is 0 Å². The van der Waals surface area contributed by atoms with E-state index in [0.29, 0.717) is 0 Å². The lowest BCUT2D eigenvalue weighted by molar-refractivity contribution is 1.22. The van der Waals surface area contributed by atoms with Crippen LogP contribution in [0.2, 0.25) is 52.4 Å². The van der Waals surface area contributed by atoms with Crippen molar-refractivity contribution >= 4 is 24.2 Å². The smallest absolute Gasteiger partial charge is 0.0618 e. The Balaban J connectivity index is 2.24. The van der Waals surface area contributed by atoms with E-state index in [9.17, 15) is 0 Å². The van der Waals surface area contributed by atoms with Gasteiger partial charge >= 0.3 is 0 Å². The first-order valence-electron chi connectivity index (χ1n) is 7.99. The Bertz CT molecular complexity index is 328. The second-order valence-electron chi connectivity index (χ2n) is 8.83. The van der Waals surface area contributed by atoms with Crippen LogP contribution in [0.5, 0.6) is 0 Å². The molecule has 2 aliphatic carbocycles. The first-order chi connectivity index (χ1) is 9.45. The molecule has 0 atom stereocenters. The maximum Gasteiger partial charge on any atom is 0.0618 e. The first-order valence-corrected chi connectivity index (χ1v) is 18.0. The van der Waals surface area contributed by atoms with Crippen molar-refractivity contribution in [2.75, 3.05) is 0 Å². The Morgan fingerprint density at radius 1 is 0.476 bits per heavy atom. The van der Waals surface area contributed by atoms with Crippen molar-refractivity contribution in [1.82, 2.24) is 0 Å². The van der Waals surface area contributed by atoms with Gasteiger partial charge in [0, 0.05) is 0 Å². The largest absolute Gasteiger partial charge is 0.0691 e. The molecule has 0 N–H and O–H groups in total. The van der Waals surface area contributed by atoms with Gasteiger partial charge in [-0.3, -0.25) is 0 Å². The lowest BCUT2D eigenvalue weighted by Gasteiger charge is -2.45. The van der Waals surface area contributed by atoms with Crippen LogP contribution in [-0.2, 0) is 0 Å². The molecule has 2 saturated carbocycles. The topological polar surface area (TPSA) is 0 Å². The van der Waals surface area contributed by atoms with Gasteiger partial charge in [-0.05, 0) is 60.7 Å². The van der Waals surface area contributed by atoms with E-state index >= 15 is 0 Å². The monoisotopic (exact) mass is 330 g/mol. The molecule has 0 aliphatic heterocycles. The minimum Gasteiger partial charge on any atom is -0.0691 e. The zero-order valence-electron chi connectivity index (χ0n) is 15.0. The van der Waals surface area contributed by atoms with Crippen LogP contribution in [0.4, 0.5) is 0 Å². The minimum atomic E-state index is -1.59. The average Bonchev–Trinajstić information content (AvgIpc) is 2.97. The summed E-state index contributed by atoms with van der Waals surface area (Å²) >= 11 is 0. The highest BCUT2D eigenvalue weighted by Gasteiger charge is 2.54. The van der Waals surface area contributed by atoms with Crippen molar-refractivity contribution in [3.8, 4) is 0 Å². The van der Waals surface area contributed by atoms with Gasteiger partial charge in [0.05, 0.1) is 24.2 Å². The van der Waals surface area contributed by atoms with Gasteiger partial charge in [0.2, 0.25) is 0 Å². The highest BCUT2D eigenvalue weighted by atomic mass is 28.3. The number of hydrogen-bond donors (Lipinski definition) is 0. The second-order valence-corrected chi connectivity index (χ2v) is 23.2. The molecule has 0 aromatic carbocycles. The van der Waals surface area contributed by atoms with Crippen LogP contribution in [0.15, 0.2) is 0 Å². The highest BCUT2D eigenvalue weighted by Crippen LogP contribution is 2.53. The van der Waals surface area contributed by atoms with Gasteiger partial charge in [-0.15, -0.1) is 0 Å². The maximum absolute atomic E-state index is 2.55. The molecule has 0 aromatic rings. The van der Waals surface area contributed by atoms with Crippen molar-refractivity contribution in [2.24, 2.45) is 0 Å². The van der Waals surface area contributed by atoms with Crippen LogP contribution in [0.25, 0.3) is 0 Å². The third kappa shape index (κ3) is 3.60. The summed E-state index contributed by atoms with van der Waals surface area (Å²) in [6, 6.07) is 0. The minimum absolute atomic E-state index is 1.27. The molecule has 21 heavy (non-hydrogen) atoms. The molecule has 0 spiro atoms. The lowest BCUT2D eigenvalue weighted by Crippen LogP contribution is -2.52. The summed E-state index contributed by atoms with van der Waals surface area (Å²) < 4.78 is 0. The van der Waals surface area contributed by atoms with E-state index in [0.717, 1.165) is 0 Å². The number of hydrogen-bond acceptors (Lipinski definition) is 0. The van der Waals surface area contributed by atoms with Gasteiger partial charge in [-0.25, -0.2) is 0 Å². The second kappa shape index (κ2) is 5.94. The Morgan fingerprint density at radius 2 is 0.762 bits per heavy atom. The van der Waals surface area contributed by atoms with E-state index in [1.54, 1.807) is 22.2 Å². The van der Waals surface area contributed by atoms with Gasteiger partial charge in [-0.1, -0.05) is 52.4 Å². The third-order valence-electron chi connectivity index (χ3n) is 4.59. The van der Waals surface area contributed by atoms with Crippen LogP contribution < -0.4 is 0 Å². The molecule has 0 heterocycles. The van der Waals surface area contributed by atoms with E-state index in [1.807, 2.05) is 0 Å². The quantitative estimate of drug-likeness (QED) is 0.631. The van der Waals surface area contributed by atoms with Crippen LogP contribution in [0.1, 0.15) is 0 Å². The Morgan fingerprint density at radius 3 is 1.05 bits per heavy atom. The molecule has 10 radical (unpaired) electrons. The number of rotatable bonds is 4. The van der Waals surface area contributed by atoms with E-state index in [2.05, 4.69) is 90.9 Å². The summed E-state index contributed by atoms with van der Waals surface area (Å²) in [5.74, 6) is 0. The van der Waals surface area contributed by atoms with Crippen LogP contribution in [0.3, 0.4) is 0 Å². The standard InChI is InChI=1S/C18H30Si3/c1-19(2,3)15-11-9-13-17(15)21(7,8)18-14-10-12-16(18)20(4,5)6/h9-14H,1-8H3. The fourth-order valence-corrected chi connectivity index (χ4v) is 13.3. The zero-order chi connectivity index (χ0) is 16.1. The predicted octanol–water partition coefficient (Wildman–Crippen LogP) is 5.08. The molecule has 0 bridgehead atoms. The lowest BCUT2D eigenvalue weighted by atomic mass is 10.3. The summed E-state index contributed by atoms with van der Waals surface area (Å²) in [6.45, 7) is 19.9. The van der Waals surface area contributed by atoms with Crippen molar-refractivity contribution in [2.45, 2.75) is 52.4 Å². The average molecular weight is 331 g/mol. The highest BCUT2D eigenvalue weighted by molar-refractivity contribution is 6.97. The fourth-order valence-electron chi connectivity index (χ4n) is 3.38. The van der Waals surface area contributed by atoms with E-state index < -0.39 is 24.2 Å². The molecular formula is C18H30Si3. The van der Waals surface area contributed by atoms with Gasteiger partial charge in [0.25, 0.3) is 0 Å². The van der Waals surface area contributed by atoms with Crippen molar-refractivity contribution in [3.63, 3.8) is 0 Å². The summed E-state index contributed by atoms with van der Waals surface area (Å²) in [7, 11) is -4.12. The van der Waals surface area contributed by atoms with Crippen molar-refractivity contribution in [3.05, 3.63) is 60.7 Å². The Labute approximate surface area is 137 Å². The molecule has 2 rings (SSSR count). The molecule has 0 unspecified atom stereocenters. The fraction of sp³-hybridized carbons (Fsp3) is 0.444. The van der Waals surface area contributed by atoms with Crippen molar-refractivity contribution in [1.29, 1.82) is 0 Å². The van der Waals surface area contributed by atoms with E-state index in [1.165, 1.54) is 0 Å². The SMILES string of the molecule is C[Si](C)(C)[C]1[CH][CH][CH][C]1[Si](C)(C)[C]1[CH][CH][CH][C]1[Si](C)(C)C. The zero-order valence-corrected chi connectivity index (χ0v) is 18.0. The Kier molecular flexibility index (Phi) is 5.09. The molecule has 2 fully saturated rings. The third-order valence-corrected chi connectivity index (χ3v) is 12.8. The van der Waals surface area contributed by atoms with Crippen LogP contribution >= 0.6 is 0 Å². The van der Waals surface area contributed by atoms with Crippen LogP contribution in [-0.4, -0.2) is 24.2 Å². The first kappa shape index (κ1) is 18.0. The molecule has 0 aromatic heterocycles. The summed E-state index contributed by atoms with van der Waals surface area (Å²) in [4.78, 5) is 0. The Hall–Kier alpha value is 0.651. The van der Waals surface area contributed by atoms with Gasteiger partial charge < -0.3 is 0 Å². The normalized spacial score (nSPS) is 25.1. The molecule has 2 aliphatic rings. The van der Waals surface area contributed by atoms with E-state index in [-0.39, 0.29) is 0 Å². The summed E-state index contributed by atoms with van der Waals surface area (Å²) in [5, 5.41) is 0. The van der Waals surface area contributed by atoms with Gasteiger partial charge in [0.1, 0.15) is 0 Å². The molecule has 0 amide bonds. The predicted molar refractivity (Wildman–Crippen MR) is 103 cm³/mol. The molecular weight excluding hydrogens is 300 g/mol. The maximum atomic E-state index is 2.55. The van der Waals surface area contributed by atoms with Gasteiger partial charge in [-0.2, -0.15) is 0 Å². The van der Waals surface area contributed by atoms with E-state index in [4.69, 9.17) is 0 Å². The molecule has 114 valence electrons.